The molecule has 1 aromatic carbocycles. The largest absolute Gasteiger partial charge is 0.434 e. The predicted octanol–water partition coefficient (Wildman–Crippen LogP) is 2.74. The molecule has 0 radical (unpaired) electrons. The molecule has 1 aromatic rings. The molecule has 6 nitrogen and oxygen atoms in total. The van der Waals surface area contributed by atoms with E-state index in [4.69, 9.17) is 0 Å². The molecule has 1 aliphatic heterocycles. The van der Waals surface area contributed by atoms with Gasteiger partial charge in [-0.2, -0.15) is 8.78 Å². The van der Waals surface area contributed by atoms with Crippen molar-refractivity contribution in [2.45, 2.75) is 45.9 Å². The number of hydrogen-bond acceptors (Lipinski definition) is 3. The number of aliphatic imine (C=N–C) groups is 1. The standard InChI is InChI=1S/C19H27F3N4O2/c1-12(2)17(27)26-9-7-13(8-10-26)25-19(23-3)24-11-14-15(20)5-4-6-16(14)28-18(21)22/h4-6,12-13,18H,7-11H2,1-3H3,(H2,23,24,25). The van der Waals surface area contributed by atoms with Gasteiger partial charge in [0, 0.05) is 44.2 Å². The Hall–Kier alpha value is -2.45. The first kappa shape index (κ1) is 21.8. The number of alkyl halides is 2. The molecule has 0 aromatic heterocycles. The molecule has 0 spiro atoms. The number of halogens is 3. The van der Waals surface area contributed by atoms with E-state index in [9.17, 15) is 18.0 Å². The maximum Gasteiger partial charge on any atom is 0.387 e. The highest BCUT2D eigenvalue weighted by molar-refractivity contribution is 5.80. The predicted molar refractivity (Wildman–Crippen MR) is 101 cm³/mol. The number of carbonyl (C=O) groups excluding carboxylic acids is 1. The van der Waals surface area contributed by atoms with Crippen molar-refractivity contribution < 1.29 is 22.7 Å². The Balaban J connectivity index is 1.90. The fourth-order valence-corrected chi connectivity index (χ4v) is 3.09. The van der Waals surface area contributed by atoms with Crippen molar-refractivity contribution in [3.05, 3.63) is 29.6 Å². The Labute approximate surface area is 163 Å². The molecule has 0 atom stereocenters. The Bertz CT molecular complexity index is 690. The highest BCUT2D eigenvalue weighted by Gasteiger charge is 2.24. The summed E-state index contributed by atoms with van der Waals surface area (Å²) in [5, 5.41) is 6.17. The lowest BCUT2D eigenvalue weighted by atomic mass is 10.0. The van der Waals surface area contributed by atoms with Crippen LogP contribution in [-0.2, 0) is 11.3 Å². The van der Waals surface area contributed by atoms with E-state index in [0.717, 1.165) is 12.8 Å². The molecule has 1 fully saturated rings. The van der Waals surface area contributed by atoms with E-state index in [0.29, 0.717) is 19.0 Å². The molecule has 0 bridgehead atoms. The van der Waals surface area contributed by atoms with Crippen LogP contribution < -0.4 is 15.4 Å². The van der Waals surface area contributed by atoms with E-state index in [1.807, 2.05) is 18.7 Å². The number of piperidine rings is 1. The maximum atomic E-state index is 14.0. The quantitative estimate of drug-likeness (QED) is 0.569. The summed E-state index contributed by atoms with van der Waals surface area (Å²) >= 11 is 0. The summed E-state index contributed by atoms with van der Waals surface area (Å²) in [4.78, 5) is 18.0. The van der Waals surface area contributed by atoms with Gasteiger partial charge in [-0.1, -0.05) is 19.9 Å². The van der Waals surface area contributed by atoms with Gasteiger partial charge >= 0.3 is 6.61 Å². The molecule has 9 heteroatoms. The molecule has 1 heterocycles. The summed E-state index contributed by atoms with van der Waals surface area (Å²) in [6.45, 7) is 1.99. The minimum atomic E-state index is -3.03. The number of benzene rings is 1. The van der Waals surface area contributed by atoms with Crippen LogP contribution in [0, 0.1) is 11.7 Å². The van der Waals surface area contributed by atoms with Gasteiger partial charge in [0.2, 0.25) is 5.91 Å². The number of carbonyl (C=O) groups is 1. The second-order valence-electron chi connectivity index (χ2n) is 6.92. The molecule has 1 saturated heterocycles. The fourth-order valence-electron chi connectivity index (χ4n) is 3.09. The first-order chi connectivity index (χ1) is 13.3. The van der Waals surface area contributed by atoms with Gasteiger partial charge in [-0.05, 0) is 25.0 Å². The molecular weight excluding hydrogens is 373 g/mol. The Kier molecular flexibility index (Phi) is 7.95. The fraction of sp³-hybridized carbons (Fsp3) is 0.579. The molecule has 0 saturated carbocycles. The van der Waals surface area contributed by atoms with Crippen molar-refractivity contribution >= 4 is 11.9 Å². The third-order valence-corrected chi connectivity index (χ3v) is 4.59. The molecule has 2 rings (SSSR count). The Morgan fingerprint density at radius 3 is 2.57 bits per heavy atom. The lowest BCUT2D eigenvalue weighted by Gasteiger charge is -2.34. The number of nitrogens with one attached hydrogen (secondary N) is 2. The van der Waals surface area contributed by atoms with Crippen LogP contribution in [0.5, 0.6) is 5.75 Å². The zero-order chi connectivity index (χ0) is 20.7. The van der Waals surface area contributed by atoms with Gasteiger partial charge in [-0.3, -0.25) is 9.79 Å². The zero-order valence-corrected chi connectivity index (χ0v) is 16.3. The minimum absolute atomic E-state index is 0.00287. The topological polar surface area (TPSA) is 66.0 Å². The summed E-state index contributed by atoms with van der Waals surface area (Å²) < 4.78 is 43.5. The van der Waals surface area contributed by atoms with Gasteiger partial charge in [0.05, 0.1) is 0 Å². The van der Waals surface area contributed by atoms with Crippen LogP contribution in [0.1, 0.15) is 32.3 Å². The van der Waals surface area contributed by atoms with Crippen LogP contribution in [0.15, 0.2) is 23.2 Å². The van der Waals surface area contributed by atoms with Gasteiger partial charge in [0.25, 0.3) is 0 Å². The minimum Gasteiger partial charge on any atom is -0.434 e. The molecule has 1 aliphatic rings. The molecule has 28 heavy (non-hydrogen) atoms. The van der Waals surface area contributed by atoms with Gasteiger partial charge in [-0.15, -0.1) is 0 Å². The summed E-state index contributed by atoms with van der Waals surface area (Å²) in [6.07, 6.45) is 1.53. The number of hydrogen-bond donors (Lipinski definition) is 2. The number of rotatable bonds is 6. The van der Waals surface area contributed by atoms with Crippen LogP contribution in [0.4, 0.5) is 13.2 Å². The lowest BCUT2D eigenvalue weighted by Crippen LogP contribution is -2.50. The van der Waals surface area contributed by atoms with Crippen LogP contribution in [0.3, 0.4) is 0 Å². The first-order valence-electron chi connectivity index (χ1n) is 9.30. The second-order valence-corrected chi connectivity index (χ2v) is 6.92. The van der Waals surface area contributed by atoms with Gasteiger partial charge in [0.15, 0.2) is 5.96 Å². The maximum absolute atomic E-state index is 14.0. The third-order valence-electron chi connectivity index (χ3n) is 4.59. The highest BCUT2D eigenvalue weighted by Crippen LogP contribution is 2.23. The number of amides is 1. The average molecular weight is 400 g/mol. The van der Waals surface area contributed by atoms with Gasteiger partial charge in [0.1, 0.15) is 11.6 Å². The smallest absolute Gasteiger partial charge is 0.387 e. The van der Waals surface area contributed by atoms with Crippen LogP contribution in [-0.4, -0.2) is 49.6 Å². The van der Waals surface area contributed by atoms with Crippen molar-refractivity contribution in [1.29, 1.82) is 0 Å². The summed E-state index contributed by atoms with van der Waals surface area (Å²) in [6, 6.07) is 3.91. The van der Waals surface area contributed by atoms with E-state index in [2.05, 4.69) is 20.4 Å². The molecule has 1 amide bonds. The van der Waals surface area contributed by atoms with Crippen LogP contribution in [0.2, 0.25) is 0 Å². The molecular formula is C19H27F3N4O2. The number of nitrogens with zero attached hydrogens (tertiary/aromatic N) is 2. The number of guanidine groups is 1. The van der Waals surface area contributed by atoms with Crippen molar-refractivity contribution in [1.82, 2.24) is 15.5 Å². The van der Waals surface area contributed by atoms with E-state index in [-0.39, 0.29) is 35.7 Å². The molecule has 0 aliphatic carbocycles. The van der Waals surface area contributed by atoms with E-state index in [1.165, 1.54) is 18.2 Å². The van der Waals surface area contributed by atoms with Crippen molar-refractivity contribution in [2.75, 3.05) is 20.1 Å². The van der Waals surface area contributed by atoms with Gasteiger partial charge in [-0.25, -0.2) is 4.39 Å². The summed E-state index contributed by atoms with van der Waals surface area (Å²) in [5.74, 6) is -0.295. The van der Waals surface area contributed by atoms with E-state index in [1.54, 1.807) is 7.05 Å². The van der Waals surface area contributed by atoms with Crippen molar-refractivity contribution in [2.24, 2.45) is 10.9 Å². The SMILES string of the molecule is CN=C(NCc1c(F)cccc1OC(F)F)NC1CCN(C(=O)C(C)C)CC1. The van der Waals surface area contributed by atoms with E-state index < -0.39 is 12.4 Å². The number of likely N-dealkylation sites (tertiary alicyclic amines) is 1. The molecule has 156 valence electrons. The second kappa shape index (κ2) is 10.2. The monoisotopic (exact) mass is 400 g/mol. The van der Waals surface area contributed by atoms with Gasteiger partial charge < -0.3 is 20.3 Å². The molecule has 2 N–H and O–H groups in total. The van der Waals surface area contributed by atoms with Crippen molar-refractivity contribution in [3.63, 3.8) is 0 Å². The Morgan fingerprint density at radius 1 is 1.32 bits per heavy atom. The van der Waals surface area contributed by atoms with Crippen LogP contribution >= 0.6 is 0 Å². The van der Waals surface area contributed by atoms with Crippen molar-refractivity contribution in [3.8, 4) is 5.75 Å². The highest BCUT2D eigenvalue weighted by atomic mass is 19.3. The van der Waals surface area contributed by atoms with Crippen LogP contribution in [0.25, 0.3) is 0 Å². The third kappa shape index (κ3) is 6.03. The normalized spacial score (nSPS) is 15.9. The average Bonchev–Trinajstić information content (AvgIpc) is 2.66. The molecule has 0 unspecified atom stereocenters. The zero-order valence-electron chi connectivity index (χ0n) is 16.3. The number of ether oxygens (including phenoxy) is 1. The van der Waals surface area contributed by atoms with E-state index >= 15 is 0 Å². The summed E-state index contributed by atoms with van der Waals surface area (Å²) in [7, 11) is 1.57. The lowest BCUT2D eigenvalue weighted by molar-refractivity contribution is -0.135. The Morgan fingerprint density at radius 2 is 2.00 bits per heavy atom. The summed E-state index contributed by atoms with van der Waals surface area (Å²) in [5.41, 5.74) is 0.00287. The first-order valence-corrected chi connectivity index (χ1v) is 9.30.